The minimum Gasteiger partial charge on any atom is -0.786 e. The van der Waals surface area contributed by atoms with Gasteiger partial charge in [0.15, 0.2) is 0 Å². The van der Waals surface area contributed by atoms with Crippen molar-refractivity contribution in [1.82, 2.24) is 0 Å². The van der Waals surface area contributed by atoms with Gasteiger partial charge in [-0.05, 0) is 0 Å². The smallest absolute Gasteiger partial charge is 0.786 e. The van der Waals surface area contributed by atoms with Crippen molar-refractivity contribution in [3.63, 3.8) is 0 Å². The molecule has 0 saturated heterocycles. The number of aryl methyl sites for hydroxylation is 4. The molecular formula is C28H36Co2FO3P. The third-order valence-corrected chi connectivity index (χ3v) is 4.56. The molecule has 0 aromatic heterocycles. The van der Waals surface area contributed by atoms with E-state index in [0.29, 0.717) is 0 Å². The molecule has 4 aromatic carbocycles. The topological polar surface area (TPSA) is 63.2 Å². The Morgan fingerprint density at radius 2 is 0.629 bits per heavy atom. The summed E-state index contributed by atoms with van der Waals surface area (Å²) in [5, 5.41) is 0. The first-order valence-electron chi connectivity index (χ1n) is 11.3. The standard InChI is InChI=1S/4C7H9.2Co.FH2O3P/c4*1-2-7-5-3-4-6-7;;;1-5(2,3)4/h4*3-6H,2H2,1H3;;;(H2,2,3,4)/q4*-1;2*+3;/p-2. The van der Waals surface area contributed by atoms with Gasteiger partial charge in [-0.1, -0.05) is 53.4 Å². The third-order valence-electron chi connectivity index (χ3n) is 4.56. The van der Waals surface area contributed by atoms with Crippen LogP contribution in [0.3, 0.4) is 0 Å². The largest absolute Gasteiger partial charge is 3.00 e. The van der Waals surface area contributed by atoms with Gasteiger partial charge in [-0.25, -0.2) is 52.7 Å². The van der Waals surface area contributed by atoms with Gasteiger partial charge in [0.25, 0.3) is 0 Å². The minimum atomic E-state index is -5.64. The van der Waals surface area contributed by atoms with Crippen LogP contribution in [0.4, 0.5) is 4.20 Å². The Morgan fingerprint density at radius 1 is 0.514 bits per heavy atom. The van der Waals surface area contributed by atoms with Crippen molar-refractivity contribution >= 4 is 7.91 Å². The predicted molar refractivity (Wildman–Crippen MR) is 134 cm³/mol. The van der Waals surface area contributed by atoms with Gasteiger partial charge in [-0.2, -0.15) is 70.8 Å². The summed E-state index contributed by atoms with van der Waals surface area (Å²) in [5.41, 5.74) is 5.72. The Balaban J connectivity index is -0.000000363. The summed E-state index contributed by atoms with van der Waals surface area (Å²) in [4.78, 5) is 16.9. The zero-order valence-electron chi connectivity index (χ0n) is 20.8. The molecule has 0 aliphatic carbocycles. The van der Waals surface area contributed by atoms with Crippen molar-refractivity contribution in [2.45, 2.75) is 53.4 Å². The zero-order valence-corrected chi connectivity index (χ0v) is 23.8. The normalized spacial score (nSPS) is 9.11. The molecule has 4 rings (SSSR count). The molecule has 0 N–H and O–H groups in total. The van der Waals surface area contributed by atoms with Crippen LogP contribution < -0.4 is 9.79 Å². The summed E-state index contributed by atoms with van der Waals surface area (Å²) in [6.45, 7) is 8.65. The molecule has 4 aromatic rings. The first-order chi connectivity index (χ1) is 15.7. The van der Waals surface area contributed by atoms with E-state index < -0.39 is 7.91 Å². The van der Waals surface area contributed by atoms with E-state index in [1.54, 1.807) is 0 Å². The van der Waals surface area contributed by atoms with E-state index in [2.05, 4.69) is 125 Å². The molecule has 0 atom stereocenters. The summed E-state index contributed by atoms with van der Waals surface area (Å²) in [6.07, 6.45) is 4.64. The van der Waals surface area contributed by atoms with Crippen molar-refractivity contribution in [3.8, 4) is 0 Å². The number of hydrogen-bond donors (Lipinski definition) is 0. The van der Waals surface area contributed by atoms with E-state index in [1.165, 1.54) is 22.3 Å². The Morgan fingerprint density at radius 3 is 0.686 bits per heavy atom. The monoisotopic (exact) mass is 588 g/mol. The van der Waals surface area contributed by atoms with Gasteiger partial charge < -0.3 is 14.4 Å². The molecule has 35 heavy (non-hydrogen) atoms. The van der Waals surface area contributed by atoms with E-state index in [0.717, 1.165) is 25.7 Å². The second kappa shape index (κ2) is 24.2. The second-order valence-corrected chi connectivity index (χ2v) is 7.88. The summed E-state index contributed by atoms with van der Waals surface area (Å²) >= 11 is 0. The summed E-state index contributed by atoms with van der Waals surface area (Å²) < 4.78 is 18.6. The molecule has 0 fully saturated rings. The molecule has 0 heterocycles. The first-order valence-corrected chi connectivity index (χ1v) is 12.7. The van der Waals surface area contributed by atoms with Crippen LogP contribution in [-0.4, -0.2) is 0 Å². The molecule has 0 bridgehead atoms. The molecular weight excluding hydrogens is 552 g/mol. The van der Waals surface area contributed by atoms with Gasteiger partial charge in [0.1, 0.15) is 7.91 Å². The van der Waals surface area contributed by atoms with E-state index in [1.807, 2.05) is 0 Å². The number of hydrogen-bond acceptors (Lipinski definition) is 3. The molecule has 0 aliphatic heterocycles. The van der Waals surface area contributed by atoms with Gasteiger partial charge in [-0.3, -0.25) is 0 Å². The van der Waals surface area contributed by atoms with E-state index in [4.69, 9.17) is 14.4 Å². The van der Waals surface area contributed by atoms with Crippen LogP contribution in [0.1, 0.15) is 49.9 Å². The summed E-state index contributed by atoms with van der Waals surface area (Å²) in [6, 6.07) is 33.7. The van der Waals surface area contributed by atoms with Gasteiger partial charge in [0.05, 0.1) is 0 Å². The third kappa shape index (κ3) is 25.4. The van der Waals surface area contributed by atoms with E-state index in [9.17, 15) is 4.20 Å². The van der Waals surface area contributed by atoms with Gasteiger partial charge in [0, 0.05) is 0 Å². The molecule has 7 heteroatoms. The second-order valence-electron chi connectivity index (χ2n) is 7.02. The van der Waals surface area contributed by atoms with Crippen molar-refractivity contribution in [3.05, 3.63) is 119 Å². The van der Waals surface area contributed by atoms with Crippen LogP contribution in [0.15, 0.2) is 97.1 Å². The molecule has 0 radical (unpaired) electrons. The van der Waals surface area contributed by atoms with Crippen LogP contribution in [0.2, 0.25) is 0 Å². The fraction of sp³-hybridized carbons (Fsp3) is 0.286. The number of rotatable bonds is 4. The molecule has 0 aliphatic rings. The van der Waals surface area contributed by atoms with Crippen LogP contribution >= 0.6 is 7.91 Å². The SMILES string of the molecule is CC[c-]1cccc1.CC[c-]1cccc1.CC[c-]1cccc1.CC[c-]1cccc1.O=P([O-])([O-])F.[Co+3].[Co+3]. The maximum atomic E-state index is 10.1. The minimum absolute atomic E-state index is 0. The molecule has 0 spiro atoms. The fourth-order valence-electron chi connectivity index (χ4n) is 2.60. The Labute approximate surface area is 231 Å². The molecule has 0 unspecified atom stereocenters. The van der Waals surface area contributed by atoms with Crippen molar-refractivity contribution in [2.75, 3.05) is 0 Å². The molecule has 0 saturated carbocycles. The number of halogens is 1. The Hall–Kier alpha value is -1.51. The molecule has 3 nitrogen and oxygen atoms in total. The predicted octanol–water partition coefficient (Wildman–Crippen LogP) is 6.65. The van der Waals surface area contributed by atoms with E-state index in [-0.39, 0.29) is 33.6 Å². The molecule has 196 valence electrons. The Bertz CT molecular complexity index is 766. The average molecular weight is 588 g/mol. The van der Waals surface area contributed by atoms with Crippen LogP contribution in [0, 0.1) is 0 Å². The van der Waals surface area contributed by atoms with Crippen molar-refractivity contribution in [2.24, 2.45) is 0 Å². The van der Waals surface area contributed by atoms with Gasteiger partial charge >= 0.3 is 33.6 Å². The first kappa shape index (κ1) is 38.0. The van der Waals surface area contributed by atoms with Gasteiger partial charge in [0.2, 0.25) is 0 Å². The maximum Gasteiger partial charge on any atom is 3.00 e. The maximum absolute atomic E-state index is 10.1. The summed E-state index contributed by atoms with van der Waals surface area (Å²) in [7, 11) is -5.64. The quantitative estimate of drug-likeness (QED) is 0.198. The zero-order chi connectivity index (χ0) is 25.0. The van der Waals surface area contributed by atoms with Crippen LogP contribution in [0.25, 0.3) is 0 Å². The van der Waals surface area contributed by atoms with Crippen LogP contribution in [-0.2, 0) is 63.8 Å². The summed E-state index contributed by atoms with van der Waals surface area (Å²) in [5.74, 6) is 0. The van der Waals surface area contributed by atoms with E-state index >= 15 is 0 Å². The van der Waals surface area contributed by atoms with Crippen LogP contribution in [0.5, 0.6) is 0 Å². The fourth-order valence-corrected chi connectivity index (χ4v) is 2.60. The average Bonchev–Trinajstić information content (AvgIpc) is 3.62. The molecule has 0 amide bonds. The van der Waals surface area contributed by atoms with Gasteiger partial charge in [-0.15, -0.1) is 0 Å². The van der Waals surface area contributed by atoms with Crippen molar-refractivity contribution in [1.29, 1.82) is 0 Å². The Kier molecular flexibility index (Phi) is 26.3. The van der Waals surface area contributed by atoms with Crippen molar-refractivity contribution < 1.29 is 52.1 Å².